The highest BCUT2D eigenvalue weighted by atomic mass is 16.2. The van der Waals surface area contributed by atoms with E-state index in [4.69, 9.17) is 0 Å². The van der Waals surface area contributed by atoms with Gasteiger partial charge in [0.05, 0.1) is 16.8 Å². The van der Waals surface area contributed by atoms with E-state index in [2.05, 4.69) is 41.9 Å². The summed E-state index contributed by atoms with van der Waals surface area (Å²) < 4.78 is 0. The largest absolute Gasteiger partial charge is 0.360 e. The zero-order valence-corrected chi connectivity index (χ0v) is 12.4. The van der Waals surface area contributed by atoms with Gasteiger partial charge in [-0.25, -0.2) is 0 Å². The average Bonchev–Trinajstić information content (AvgIpc) is 2.88. The summed E-state index contributed by atoms with van der Waals surface area (Å²) in [5.41, 5.74) is 4.93. The summed E-state index contributed by atoms with van der Waals surface area (Å²) in [7, 11) is 0. The molecule has 3 rings (SSSR count). The number of allylic oxidation sites excluding steroid dienone is 1. The molecule has 0 fully saturated rings. The second-order valence-electron chi connectivity index (χ2n) is 6.10. The zero-order valence-electron chi connectivity index (χ0n) is 12.4. The van der Waals surface area contributed by atoms with Crippen LogP contribution in [0.25, 0.3) is 0 Å². The van der Waals surface area contributed by atoms with Crippen LogP contribution in [0.5, 0.6) is 0 Å². The van der Waals surface area contributed by atoms with Crippen LogP contribution in [0.15, 0.2) is 23.8 Å². The van der Waals surface area contributed by atoms with Gasteiger partial charge in [0.25, 0.3) is 0 Å². The van der Waals surface area contributed by atoms with Crippen molar-refractivity contribution in [3.05, 3.63) is 29.3 Å². The van der Waals surface area contributed by atoms with Crippen LogP contribution in [-0.4, -0.2) is 12.1 Å². The third-order valence-corrected chi connectivity index (χ3v) is 4.23. The van der Waals surface area contributed by atoms with Crippen LogP contribution >= 0.6 is 0 Å². The minimum atomic E-state index is -0.460. The van der Waals surface area contributed by atoms with Crippen molar-refractivity contribution in [1.82, 2.24) is 0 Å². The number of anilines is 3. The fraction of sp³-hybridized carbons (Fsp3) is 0.438. The number of fused-ring (bicyclic) bond motifs is 2. The van der Waals surface area contributed by atoms with Crippen molar-refractivity contribution in [1.29, 1.82) is 0 Å². The summed E-state index contributed by atoms with van der Waals surface area (Å²) in [6.07, 6.45) is 3.39. The van der Waals surface area contributed by atoms with Crippen molar-refractivity contribution < 1.29 is 4.79 Å². The highest BCUT2D eigenvalue weighted by molar-refractivity contribution is 6.07. The van der Waals surface area contributed by atoms with Gasteiger partial charge in [0, 0.05) is 5.69 Å². The molecule has 106 valence electrons. The van der Waals surface area contributed by atoms with Crippen molar-refractivity contribution in [3.8, 4) is 0 Å². The van der Waals surface area contributed by atoms with Crippen LogP contribution in [0.3, 0.4) is 0 Å². The molecule has 2 aliphatic heterocycles. The van der Waals surface area contributed by atoms with Crippen LogP contribution in [0, 0.1) is 0 Å². The van der Waals surface area contributed by atoms with E-state index >= 15 is 0 Å². The predicted octanol–water partition coefficient (Wildman–Crippen LogP) is 3.44. The third-order valence-electron chi connectivity index (χ3n) is 4.23. The summed E-state index contributed by atoms with van der Waals surface area (Å²) in [4.78, 5) is 12.0. The highest BCUT2D eigenvalue weighted by Gasteiger charge is 2.39. The maximum atomic E-state index is 12.0. The second kappa shape index (κ2) is 4.27. The molecular weight excluding hydrogens is 250 g/mol. The predicted molar refractivity (Wildman–Crippen MR) is 83.2 cm³/mol. The number of hydrogen-bond acceptors (Lipinski definition) is 3. The minimum Gasteiger partial charge on any atom is -0.360 e. The molecule has 0 bridgehead atoms. The molecule has 0 saturated heterocycles. The molecule has 0 aliphatic carbocycles. The molecule has 2 aliphatic rings. The molecule has 0 aromatic heterocycles. The van der Waals surface area contributed by atoms with Crippen LogP contribution in [0.2, 0.25) is 0 Å². The molecule has 0 radical (unpaired) electrons. The fourth-order valence-corrected chi connectivity index (χ4v) is 2.87. The number of carbonyl (C=O) groups excluding carboxylic acids is 1. The lowest BCUT2D eigenvalue weighted by Crippen LogP contribution is -2.27. The van der Waals surface area contributed by atoms with Crippen LogP contribution in [0.4, 0.5) is 17.1 Å². The molecular formula is C16H21N3O. The summed E-state index contributed by atoms with van der Waals surface area (Å²) in [5, 5.41) is 9.91. The van der Waals surface area contributed by atoms with Crippen molar-refractivity contribution in [2.75, 3.05) is 16.0 Å². The van der Waals surface area contributed by atoms with Crippen molar-refractivity contribution in [2.24, 2.45) is 0 Å². The molecule has 1 amide bonds. The topological polar surface area (TPSA) is 53.2 Å². The van der Waals surface area contributed by atoms with E-state index in [0.29, 0.717) is 0 Å². The van der Waals surface area contributed by atoms with E-state index < -0.39 is 5.41 Å². The number of amides is 1. The first-order chi connectivity index (χ1) is 9.43. The van der Waals surface area contributed by atoms with Crippen LogP contribution < -0.4 is 16.0 Å². The van der Waals surface area contributed by atoms with E-state index in [-0.39, 0.29) is 12.1 Å². The first-order valence-corrected chi connectivity index (χ1v) is 7.13. The molecule has 4 heteroatoms. The van der Waals surface area contributed by atoms with Gasteiger partial charge in [0.15, 0.2) is 0 Å². The Bertz CT molecular complexity index is 616. The number of carbonyl (C=O) groups is 1. The maximum absolute atomic E-state index is 12.0. The summed E-state index contributed by atoms with van der Waals surface area (Å²) in [6, 6.07) is 4.12. The molecule has 1 unspecified atom stereocenters. The van der Waals surface area contributed by atoms with E-state index in [1.165, 1.54) is 5.57 Å². The average molecular weight is 271 g/mol. The van der Waals surface area contributed by atoms with Gasteiger partial charge in [-0.15, -0.1) is 0 Å². The molecule has 3 N–H and O–H groups in total. The van der Waals surface area contributed by atoms with Gasteiger partial charge in [0.2, 0.25) is 5.91 Å². The lowest BCUT2D eigenvalue weighted by atomic mass is 9.86. The summed E-state index contributed by atoms with van der Waals surface area (Å²) in [6.45, 7) is 8.18. The number of hydrogen-bond donors (Lipinski definition) is 3. The van der Waals surface area contributed by atoms with Gasteiger partial charge in [0.1, 0.15) is 6.17 Å². The molecule has 20 heavy (non-hydrogen) atoms. The van der Waals surface area contributed by atoms with Gasteiger partial charge in [-0.2, -0.15) is 0 Å². The van der Waals surface area contributed by atoms with E-state index in [1.54, 1.807) is 0 Å². The van der Waals surface area contributed by atoms with E-state index in [0.717, 1.165) is 29.0 Å². The normalized spacial score (nSPS) is 22.7. The first-order valence-electron chi connectivity index (χ1n) is 7.13. The summed E-state index contributed by atoms with van der Waals surface area (Å²) >= 11 is 0. The Hall–Kier alpha value is -1.97. The van der Waals surface area contributed by atoms with Crippen LogP contribution in [0.1, 0.15) is 39.7 Å². The third kappa shape index (κ3) is 1.79. The molecule has 0 spiro atoms. The van der Waals surface area contributed by atoms with Gasteiger partial charge in [-0.05, 0) is 50.5 Å². The summed E-state index contributed by atoms with van der Waals surface area (Å²) in [5.74, 6) is 0.0646. The Balaban J connectivity index is 1.95. The second-order valence-corrected chi connectivity index (χ2v) is 6.10. The standard InChI is InChI=1S/C16H21N3O/c1-5-6-9(2)14-17-12-7-10-11(8-13(12)18-14)19-15(20)16(10,3)4/h6-8,14,17-18H,5H2,1-4H3,(H,19,20). The van der Waals surface area contributed by atoms with Gasteiger partial charge < -0.3 is 16.0 Å². The zero-order chi connectivity index (χ0) is 14.5. The lowest BCUT2D eigenvalue weighted by molar-refractivity contribution is -0.119. The molecule has 2 heterocycles. The Kier molecular flexibility index (Phi) is 2.78. The highest BCUT2D eigenvalue weighted by Crippen LogP contribution is 2.44. The molecule has 1 aromatic rings. The smallest absolute Gasteiger partial charge is 0.234 e. The van der Waals surface area contributed by atoms with E-state index in [1.807, 2.05) is 19.9 Å². The molecule has 0 saturated carbocycles. The van der Waals surface area contributed by atoms with Crippen LogP contribution in [-0.2, 0) is 10.2 Å². The minimum absolute atomic E-state index is 0.0646. The number of rotatable bonds is 2. The molecule has 1 aromatic carbocycles. The van der Waals surface area contributed by atoms with Gasteiger partial charge in [-0.1, -0.05) is 13.0 Å². The molecule has 1 atom stereocenters. The van der Waals surface area contributed by atoms with Gasteiger partial charge in [-0.3, -0.25) is 4.79 Å². The Morgan fingerprint density at radius 3 is 2.55 bits per heavy atom. The monoisotopic (exact) mass is 271 g/mol. The van der Waals surface area contributed by atoms with Gasteiger partial charge >= 0.3 is 0 Å². The molecule has 4 nitrogen and oxygen atoms in total. The van der Waals surface area contributed by atoms with Crippen molar-refractivity contribution in [3.63, 3.8) is 0 Å². The Labute approximate surface area is 119 Å². The SMILES string of the molecule is CCC=C(C)C1Nc2cc3c(cc2N1)C(C)(C)C(=O)N3. The Morgan fingerprint density at radius 1 is 1.25 bits per heavy atom. The number of nitrogens with one attached hydrogen (secondary N) is 3. The number of benzene rings is 1. The first kappa shape index (κ1) is 13.0. The van der Waals surface area contributed by atoms with E-state index in [9.17, 15) is 4.79 Å². The maximum Gasteiger partial charge on any atom is 0.234 e. The lowest BCUT2D eigenvalue weighted by Gasteiger charge is -2.15. The Morgan fingerprint density at radius 2 is 1.90 bits per heavy atom. The quantitative estimate of drug-likeness (QED) is 0.722. The van der Waals surface area contributed by atoms with Crippen molar-refractivity contribution >= 4 is 23.0 Å². The fourth-order valence-electron chi connectivity index (χ4n) is 2.87. The van der Waals surface area contributed by atoms with Crippen molar-refractivity contribution in [2.45, 2.75) is 45.7 Å².